The van der Waals surface area contributed by atoms with Crippen molar-refractivity contribution < 1.29 is 4.79 Å². The largest absolute Gasteiger partial charge is 0.339 e. The van der Waals surface area contributed by atoms with Gasteiger partial charge in [0.15, 0.2) is 0 Å². The zero-order valence-electron chi connectivity index (χ0n) is 15.7. The Morgan fingerprint density at radius 2 is 1.22 bits per heavy atom. The van der Waals surface area contributed by atoms with Gasteiger partial charge in [-0.05, 0) is 80.1 Å². The van der Waals surface area contributed by atoms with Crippen molar-refractivity contribution >= 4 is 5.91 Å². The number of carbonyl (C=O) groups excluding carboxylic acids is 1. The third-order valence-electron chi connectivity index (χ3n) is 3.82. The monoisotopic (exact) mass is 319 g/mol. The van der Waals surface area contributed by atoms with Gasteiger partial charge in [0.25, 0.3) is 5.91 Å². The van der Waals surface area contributed by atoms with Crippen molar-refractivity contribution in [3.8, 4) is 0 Å². The van der Waals surface area contributed by atoms with Gasteiger partial charge in [0.2, 0.25) is 0 Å². The molecule has 0 heterocycles. The van der Waals surface area contributed by atoms with Gasteiger partial charge in [-0.15, -0.1) is 0 Å². The lowest BCUT2D eigenvalue weighted by atomic mass is 10.1. The Morgan fingerprint density at radius 1 is 0.783 bits per heavy atom. The molecule has 0 unspecified atom stereocenters. The lowest BCUT2D eigenvalue weighted by molar-refractivity contribution is 0.0744. The van der Waals surface area contributed by atoms with Gasteiger partial charge in [0, 0.05) is 18.7 Å². The molecule has 4 heteroatoms. The van der Waals surface area contributed by atoms with E-state index in [0.29, 0.717) is 0 Å². The standard InChI is InChI=1S/C19H33N3O/c1-16-13-17(2)15-18(14-16)19(23)22(11-7-9-20(3)4)12-8-10-21(5)6/h13-15H,7-12H2,1-6H3. The Bertz CT molecular complexity index is 463. The summed E-state index contributed by atoms with van der Waals surface area (Å²) in [6.07, 6.45) is 2.01. The van der Waals surface area contributed by atoms with Gasteiger partial charge in [0.05, 0.1) is 0 Å². The van der Waals surface area contributed by atoms with Gasteiger partial charge < -0.3 is 14.7 Å². The smallest absolute Gasteiger partial charge is 0.253 e. The lowest BCUT2D eigenvalue weighted by Crippen LogP contribution is -2.35. The van der Waals surface area contributed by atoms with E-state index in [9.17, 15) is 4.79 Å². The van der Waals surface area contributed by atoms with E-state index >= 15 is 0 Å². The molecule has 1 aromatic carbocycles. The van der Waals surface area contributed by atoms with E-state index in [1.807, 2.05) is 30.9 Å². The molecule has 0 aromatic heterocycles. The fourth-order valence-electron chi connectivity index (χ4n) is 2.75. The second kappa shape index (κ2) is 9.68. The Morgan fingerprint density at radius 3 is 1.61 bits per heavy atom. The minimum absolute atomic E-state index is 0.161. The van der Waals surface area contributed by atoms with E-state index in [0.717, 1.165) is 55.7 Å². The van der Waals surface area contributed by atoms with Gasteiger partial charge in [-0.3, -0.25) is 4.79 Å². The molecular weight excluding hydrogens is 286 g/mol. The van der Waals surface area contributed by atoms with Crippen LogP contribution in [0.25, 0.3) is 0 Å². The maximum atomic E-state index is 12.9. The average Bonchev–Trinajstić information content (AvgIpc) is 2.43. The highest BCUT2D eigenvalue weighted by Crippen LogP contribution is 2.12. The molecule has 4 nitrogen and oxygen atoms in total. The maximum absolute atomic E-state index is 12.9. The van der Waals surface area contributed by atoms with Gasteiger partial charge in [-0.2, -0.15) is 0 Å². The maximum Gasteiger partial charge on any atom is 0.253 e. The zero-order valence-corrected chi connectivity index (χ0v) is 15.7. The number of aryl methyl sites for hydroxylation is 2. The predicted octanol–water partition coefficient (Wildman–Crippen LogP) is 2.65. The SMILES string of the molecule is Cc1cc(C)cc(C(=O)N(CCCN(C)C)CCCN(C)C)c1. The topological polar surface area (TPSA) is 26.8 Å². The van der Waals surface area contributed by atoms with Crippen LogP contribution in [-0.4, -0.2) is 75.0 Å². The second-order valence-electron chi connectivity index (χ2n) is 6.98. The van der Waals surface area contributed by atoms with Crippen LogP contribution in [0.3, 0.4) is 0 Å². The zero-order chi connectivity index (χ0) is 17.4. The predicted molar refractivity (Wildman–Crippen MR) is 98.2 cm³/mol. The Labute approximate surface area is 142 Å². The van der Waals surface area contributed by atoms with Crippen LogP contribution >= 0.6 is 0 Å². The van der Waals surface area contributed by atoms with Gasteiger partial charge in [0.1, 0.15) is 0 Å². The van der Waals surface area contributed by atoms with E-state index in [4.69, 9.17) is 0 Å². The van der Waals surface area contributed by atoms with Crippen LogP contribution < -0.4 is 0 Å². The molecule has 0 aliphatic rings. The fraction of sp³-hybridized carbons (Fsp3) is 0.632. The summed E-state index contributed by atoms with van der Waals surface area (Å²) in [5.74, 6) is 0.161. The third kappa shape index (κ3) is 7.62. The van der Waals surface area contributed by atoms with Crippen LogP contribution in [0, 0.1) is 13.8 Å². The van der Waals surface area contributed by atoms with Crippen molar-refractivity contribution in [3.63, 3.8) is 0 Å². The molecule has 0 saturated heterocycles. The van der Waals surface area contributed by atoms with Crippen LogP contribution in [0.5, 0.6) is 0 Å². The van der Waals surface area contributed by atoms with E-state index < -0.39 is 0 Å². The molecule has 130 valence electrons. The fourth-order valence-corrected chi connectivity index (χ4v) is 2.75. The first-order chi connectivity index (χ1) is 10.8. The normalized spacial score (nSPS) is 11.3. The first kappa shape index (κ1) is 19.7. The van der Waals surface area contributed by atoms with Crippen molar-refractivity contribution in [2.45, 2.75) is 26.7 Å². The first-order valence-corrected chi connectivity index (χ1v) is 8.46. The van der Waals surface area contributed by atoms with Gasteiger partial charge in [-0.25, -0.2) is 0 Å². The van der Waals surface area contributed by atoms with E-state index in [1.54, 1.807) is 0 Å². The molecule has 23 heavy (non-hydrogen) atoms. The molecule has 0 saturated carbocycles. The molecule has 0 radical (unpaired) electrons. The van der Waals surface area contributed by atoms with Crippen molar-refractivity contribution in [1.29, 1.82) is 0 Å². The van der Waals surface area contributed by atoms with Crippen LogP contribution in [0.15, 0.2) is 18.2 Å². The van der Waals surface area contributed by atoms with Crippen LogP contribution in [0.2, 0.25) is 0 Å². The van der Waals surface area contributed by atoms with Crippen molar-refractivity contribution in [2.75, 3.05) is 54.4 Å². The number of hydrogen-bond acceptors (Lipinski definition) is 3. The Balaban J connectivity index is 2.76. The molecule has 0 aliphatic carbocycles. The highest BCUT2D eigenvalue weighted by atomic mass is 16.2. The molecule has 1 rings (SSSR count). The average molecular weight is 319 g/mol. The number of benzene rings is 1. The summed E-state index contributed by atoms with van der Waals surface area (Å²) < 4.78 is 0. The minimum Gasteiger partial charge on any atom is -0.339 e. The van der Waals surface area contributed by atoms with Crippen molar-refractivity contribution in [3.05, 3.63) is 34.9 Å². The lowest BCUT2D eigenvalue weighted by Gasteiger charge is -2.25. The van der Waals surface area contributed by atoms with Gasteiger partial charge >= 0.3 is 0 Å². The molecule has 0 spiro atoms. The molecule has 0 aliphatic heterocycles. The quantitative estimate of drug-likeness (QED) is 0.700. The molecule has 1 aromatic rings. The summed E-state index contributed by atoms with van der Waals surface area (Å²) in [6.45, 7) is 7.74. The van der Waals surface area contributed by atoms with Crippen LogP contribution in [0.1, 0.15) is 34.3 Å². The molecular formula is C19H33N3O. The number of rotatable bonds is 9. The van der Waals surface area contributed by atoms with Crippen LogP contribution in [0.4, 0.5) is 0 Å². The van der Waals surface area contributed by atoms with E-state index in [1.165, 1.54) is 0 Å². The van der Waals surface area contributed by atoms with Crippen molar-refractivity contribution in [1.82, 2.24) is 14.7 Å². The summed E-state index contributed by atoms with van der Waals surface area (Å²) in [4.78, 5) is 19.2. The number of hydrogen-bond donors (Lipinski definition) is 0. The summed E-state index contributed by atoms with van der Waals surface area (Å²) in [5.41, 5.74) is 3.11. The molecule has 0 fully saturated rings. The highest BCUT2D eigenvalue weighted by molar-refractivity contribution is 5.94. The number of carbonyl (C=O) groups is 1. The number of nitrogens with zero attached hydrogens (tertiary/aromatic N) is 3. The second-order valence-corrected chi connectivity index (χ2v) is 6.98. The summed E-state index contributed by atoms with van der Waals surface area (Å²) in [5, 5.41) is 0. The summed E-state index contributed by atoms with van der Waals surface area (Å²) in [7, 11) is 8.29. The minimum atomic E-state index is 0.161. The van der Waals surface area contributed by atoms with Crippen molar-refractivity contribution in [2.24, 2.45) is 0 Å². The Kier molecular flexibility index (Phi) is 8.28. The molecule has 1 amide bonds. The highest BCUT2D eigenvalue weighted by Gasteiger charge is 2.16. The van der Waals surface area contributed by atoms with Gasteiger partial charge in [-0.1, -0.05) is 17.2 Å². The number of amides is 1. The molecule has 0 atom stereocenters. The first-order valence-electron chi connectivity index (χ1n) is 8.46. The third-order valence-corrected chi connectivity index (χ3v) is 3.82. The summed E-state index contributed by atoms with van der Waals surface area (Å²) in [6, 6.07) is 6.11. The van der Waals surface area contributed by atoms with E-state index in [2.05, 4.69) is 44.1 Å². The van der Waals surface area contributed by atoms with Crippen LogP contribution in [-0.2, 0) is 0 Å². The summed E-state index contributed by atoms with van der Waals surface area (Å²) >= 11 is 0. The molecule has 0 N–H and O–H groups in total. The Hall–Kier alpha value is -1.39. The molecule has 0 bridgehead atoms. The van der Waals surface area contributed by atoms with E-state index in [-0.39, 0.29) is 5.91 Å².